The van der Waals surface area contributed by atoms with Gasteiger partial charge in [0.15, 0.2) is 4.88 Å². The zero-order valence-corrected chi connectivity index (χ0v) is 12.1. The first-order valence-electron chi connectivity index (χ1n) is 5.76. The summed E-state index contributed by atoms with van der Waals surface area (Å²) in [4.78, 5) is 13.1. The lowest BCUT2D eigenvalue weighted by atomic mass is 10.2. The van der Waals surface area contributed by atoms with E-state index in [1.165, 1.54) is 18.4 Å². The Bertz CT molecular complexity index is 580. The summed E-state index contributed by atoms with van der Waals surface area (Å²) in [5, 5.41) is 3.86. The van der Waals surface area contributed by atoms with Crippen LogP contribution in [-0.2, 0) is 11.3 Å². The third-order valence-corrected chi connectivity index (χ3v) is 3.76. The molecule has 0 amide bonds. The van der Waals surface area contributed by atoms with Gasteiger partial charge in [-0.2, -0.15) is 0 Å². The van der Waals surface area contributed by atoms with Crippen molar-refractivity contribution < 1.29 is 18.8 Å². The SMILES string of the molecule is COC(=O)c1sc(C)cc1OCc1c(C)noc1C. The monoisotopic (exact) mass is 281 g/mol. The van der Waals surface area contributed by atoms with Crippen LogP contribution < -0.4 is 4.74 Å². The van der Waals surface area contributed by atoms with Gasteiger partial charge < -0.3 is 14.0 Å². The van der Waals surface area contributed by atoms with Crippen molar-refractivity contribution in [3.8, 4) is 5.75 Å². The minimum Gasteiger partial charge on any atom is -0.487 e. The van der Waals surface area contributed by atoms with Gasteiger partial charge in [-0.25, -0.2) is 4.79 Å². The summed E-state index contributed by atoms with van der Waals surface area (Å²) in [5.74, 6) is 0.880. The number of carbonyl (C=O) groups excluding carboxylic acids is 1. The van der Waals surface area contributed by atoms with E-state index in [-0.39, 0.29) is 5.97 Å². The third kappa shape index (κ3) is 2.78. The molecular formula is C13H15NO4S. The lowest BCUT2D eigenvalue weighted by Crippen LogP contribution is -2.03. The van der Waals surface area contributed by atoms with Crippen LogP contribution in [0.1, 0.15) is 31.6 Å². The van der Waals surface area contributed by atoms with Gasteiger partial charge in [-0.3, -0.25) is 0 Å². The van der Waals surface area contributed by atoms with Crippen molar-refractivity contribution in [3.63, 3.8) is 0 Å². The Labute approximate surface area is 115 Å². The topological polar surface area (TPSA) is 61.6 Å². The number of hydrogen-bond acceptors (Lipinski definition) is 6. The second-order valence-corrected chi connectivity index (χ2v) is 5.39. The predicted octanol–water partition coefficient (Wildman–Crippen LogP) is 3.03. The molecule has 19 heavy (non-hydrogen) atoms. The number of rotatable bonds is 4. The first-order valence-corrected chi connectivity index (χ1v) is 6.58. The van der Waals surface area contributed by atoms with Gasteiger partial charge in [-0.1, -0.05) is 5.16 Å². The van der Waals surface area contributed by atoms with Crippen LogP contribution in [0.15, 0.2) is 10.6 Å². The van der Waals surface area contributed by atoms with Crippen molar-refractivity contribution in [2.24, 2.45) is 0 Å². The fourth-order valence-corrected chi connectivity index (χ4v) is 2.56. The molecule has 0 aliphatic carbocycles. The molecule has 0 aliphatic heterocycles. The minimum atomic E-state index is -0.383. The highest BCUT2D eigenvalue weighted by molar-refractivity contribution is 7.14. The quantitative estimate of drug-likeness (QED) is 0.806. The summed E-state index contributed by atoms with van der Waals surface area (Å²) in [6, 6.07) is 1.83. The van der Waals surface area contributed by atoms with Gasteiger partial charge in [-0.15, -0.1) is 11.3 Å². The van der Waals surface area contributed by atoms with Crippen LogP contribution >= 0.6 is 11.3 Å². The average molecular weight is 281 g/mol. The van der Waals surface area contributed by atoms with Crippen molar-refractivity contribution in [3.05, 3.63) is 32.8 Å². The number of aromatic nitrogens is 1. The van der Waals surface area contributed by atoms with Crippen molar-refractivity contribution >= 4 is 17.3 Å². The summed E-state index contributed by atoms with van der Waals surface area (Å²) >= 11 is 1.35. The molecule has 0 saturated heterocycles. The smallest absolute Gasteiger partial charge is 0.351 e. The van der Waals surface area contributed by atoms with E-state index in [9.17, 15) is 4.79 Å². The van der Waals surface area contributed by atoms with E-state index in [1.807, 2.05) is 26.8 Å². The molecule has 0 spiro atoms. The average Bonchev–Trinajstić information content (AvgIpc) is 2.90. The normalized spacial score (nSPS) is 10.5. The number of carbonyl (C=O) groups is 1. The highest BCUT2D eigenvalue weighted by Crippen LogP contribution is 2.30. The van der Waals surface area contributed by atoms with E-state index in [1.54, 1.807) is 0 Å². The first kappa shape index (κ1) is 13.6. The molecule has 0 aliphatic rings. The number of ether oxygens (including phenoxy) is 2. The summed E-state index contributed by atoms with van der Waals surface area (Å²) in [6.45, 7) is 5.93. The van der Waals surface area contributed by atoms with Crippen molar-refractivity contribution in [2.75, 3.05) is 7.11 Å². The fourth-order valence-electron chi connectivity index (χ4n) is 1.69. The van der Waals surface area contributed by atoms with Crippen molar-refractivity contribution in [1.82, 2.24) is 5.16 Å². The second kappa shape index (κ2) is 5.44. The predicted molar refractivity (Wildman–Crippen MR) is 70.7 cm³/mol. The Hall–Kier alpha value is -1.82. The Morgan fingerprint density at radius 2 is 2.16 bits per heavy atom. The maximum absolute atomic E-state index is 11.6. The molecule has 0 bridgehead atoms. The van der Waals surface area contributed by atoms with Crippen LogP contribution in [-0.4, -0.2) is 18.2 Å². The lowest BCUT2D eigenvalue weighted by molar-refractivity contribution is 0.0601. The lowest BCUT2D eigenvalue weighted by Gasteiger charge is -2.05. The summed E-state index contributed by atoms with van der Waals surface area (Å²) < 4.78 is 15.5. The molecule has 5 nitrogen and oxygen atoms in total. The number of aryl methyl sites for hydroxylation is 3. The van der Waals surface area contributed by atoms with Crippen molar-refractivity contribution in [1.29, 1.82) is 0 Å². The van der Waals surface area contributed by atoms with Crippen molar-refractivity contribution in [2.45, 2.75) is 27.4 Å². The van der Waals surface area contributed by atoms with E-state index >= 15 is 0 Å². The molecule has 0 radical (unpaired) electrons. The molecular weight excluding hydrogens is 266 g/mol. The second-order valence-electron chi connectivity index (χ2n) is 4.13. The molecule has 0 atom stereocenters. The molecule has 2 aromatic rings. The Kier molecular flexibility index (Phi) is 3.90. The summed E-state index contributed by atoms with van der Waals surface area (Å²) in [6.07, 6.45) is 0. The molecule has 0 fully saturated rings. The first-order chi connectivity index (χ1) is 9.02. The van der Waals surface area contributed by atoms with Gasteiger partial charge in [0.25, 0.3) is 0 Å². The number of nitrogens with zero attached hydrogens (tertiary/aromatic N) is 1. The van der Waals surface area contributed by atoms with Gasteiger partial charge in [0.2, 0.25) is 0 Å². The van der Waals surface area contributed by atoms with E-state index in [0.717, 1.165) is 21.9 Å². The fraction of sp³-hybridized carbons (Fsp3) is 0.385. The zero-order valence-electron chi connectivity index (χ0n) is 11.3. The molecule has 2 aromatic heterocycles. The number of methoxy groups -OCH3 is 1. The van der Waals surface area contributed by atoms with E-state index in [4.69, 9.17) is 14.0 Å². The van der Waals surface area contributed by atoms with Crippen LogP contribution in [0, 0.1) is 20.8 Å². The van der Waals surface area contributed by atoms with Crippen LogP contribution in [0.4, 0.5) is 0 Å². The highest BCUT2D eigenvalue weighted by atomic mass is 32.1. The van der Waals surface area contributed by atoms with Crippen LogP contribution in [0.25, 0.3) is 0 Å². The largest absolute Gasteiger partial charge is 0.487 e. The van der Waals surface area contributed by atoms with Crippen LogP contribution in [0.3, 0.4) is 0 Å². The van der Waals surface area contributed by atoms with E-state index in [0.29, 0.717) is 17.2 Å². The van der Waals surface area contributed by atoms with Gasteiger partial charge in [0.05, 0.1) is 18.4 Å². The van der Waals surface area contributed by atoms with E-state index < -0.39 is 0 Å². The van der Waals surface area contributed by atoms with Gasteiger partial charge in [0, 0.05) is 4.88 Å². The third-order valence-electron chi connectivity index (χ3n) is 2.75. The number of esters is 1. The Morgan fingerprint density at radius 3 is 2.74 bits per heavy atom. The van der Waals surface area contributed by atoms with E-state index in [2.05, 4.69) is 5.16 Å². The zero-order chi connectivity index (χ0) is 14.0. The molecule has 6 heteroatoms. The Balaban J connectivity index is 2.18. The number of thiophene rings is 1. The maximum Gasteiger partial charge on any atom is 0.351 e. The summed E-state index contributed by atoms with van der Waals surface area (Å²) in [7, 11) is 1.36. The summed E-state index contributed by atoms with van der Waals surface area (Å²) in [5.41, 5.74) is 1.70. The standard InChI is InChI=1S/C13H15NO4S/c1-7-5-11(12(19-7)13(15)16-4)17-6-10-8(2)14-18-9(10)3/h5H,6H2,1-4H3. The van der Waals surface area contributed by atoms with Crippen LogP contribution in [0.5, 0.6) is 5.75 Å². The molecule has 0 aromatic carbocycles. The van der Waals surface area contributed by atoms with Gasteiger partial charge >= 0.3 is 5.97 Å². The molecule has 0 saturated carbocycles. The molecule has 0 N–H and O–H groups in total. The molecule has 102 valence electrons. The minimum absolute atomic E-state index is 0.321. The Morgan fingerprint density at radius 1 is 1.42 bits per heavy atom. The van der Waals surface area contributed by atoms with Gasteiger partial charge in [0.1, 0.15) is 18.1 Å². The molecule has 2 rings (SSSR count). The van der Waals surface area contributed by atoms with Crippen LogP contribution in [0.2, 0.25) is 0 Å². The molecule has 0 unspecified atom stereocenters. The molecule has 2 heterocycles. The highest BCUT2D eigenvalue weighted by Gasteiger charge is 2.18. The van der Waals surface area contributed by atoms with Gasteiger partial charge in [-0.05, 0) is 26.8 Å². The number of hydrogen-bond donors (Lipinski definition) is 0. The maximum atomic E-state index is 11.6.